The number of hydrogen-bond donors (Lipinski definition) is 5. The Morgan fingerprint density at radius 1 is 0.949 bits per heavy atom. The van der Waals surface area contributed by atoms with E-state index in [9.17, 15) is 44.4 Å². The lowest BCUT2D eigenvalue weighted by Gasteiger charge is -2.67. The molecule has 1 amide bonds. The van der Waals surface area contributed by atoms with Crippen LogP contribution in [0.1, 0.15) is 95.8 Å². The highest BCUT2D eigenvalue weighted by molar-refractivity contribution is 5.94. The Morgan fingerprint density at radius 2 is 1.58 bits per heavy atom. The van der Waals surface area contributed by atoms with Gasteiger partial charge in [-0.3, -0.25) is 9.59 Å². The van der Waals surface area contributed by atoms with Crippen LogP contribution in [-0.4, -0.2) is 110 Å². The van der Waals surface area contributed by atoms with Gasteiger partial charge >= 0.3 is 24.0 Å². The molecule has 1 heterocycles. The number of aryl methyl sites for hydroxylation is 1. The van der Waals surface area contributed by atoms with Gasteiger partial charge in [0.2, 0.25) is 0 Å². The van der Waals surface area contributed by atoms with E-state index in [1.807, 2.05) is 6.92 Å². The average molecular weight is 822 g/mol. The molecule has 0 aromatic heterocycles. The van der Waals surface area contributed by atoms with Gasteiger partial charge in [-0.05, 0) is 70.4 Å². The third kappa shape index (κ3) is 7.45. The number of alkyl carbamates (subject to hydrolysis) is 1. The van der Waals surface area contributed by atoms with E-state index in [-0.39, 0.29) is 29.7 Å². The predicted molar refractivity (Wildman–Crippen MR) is 208 cm³/mol. The van der Waals surface area contributed by atoms with Crippen molar-refractivity contribution >= 4 is 29.8 Å². The van der Waals surface area contributed by atoms with Crippen molar-refractivity contribution < 1.29 is 68.1 Å². The lowest BCUT2D eigenvalue weighted by Crippen LogP contribution is -2.81. The van der Waals surface area contributed by atoms with E-state index >= 15 is 0 Å². The highest BCUT2D eigenvalue weighted by Crippen LogP contribution is 2.64. The van der Waals surface area contributed by atoms with Gasteiger partial charge in [-0.1, -0.05) is 61.9 Å². The fraction of sp³-hybridized carbons (Fsp3) is 0.568. The van der Waals surface area contributed by atoms with E-state index in [4.69, 9.17) is 23.7 Å². The van der Waals surface area contributed by atoms with Crippen LogP contribution in [0, 0.1) is 23.7 Å². The van der Waals surface area contributed by atoms with Crippen molar-refractivity contribution in [1.82, 2.24) is 5.32 Å². The third-order valence-corrected chi connectivity index (χ3v) is 12.8. The molecule has 2 bridgehead atoms. The molecule has 3 aliphatic carbocycles. The first kappa shape index (κ1) is 43.9. The number of carbonyl (C=O) groups is 5. The van der Waals surface area contributed by atoms with Gasteiger partial charge in [0, 0.05) is 25.2 Å². The number of amides is 1. The number of esters is 3. The van der Waals surface area contributed by atoms with E-state index in [1.165, 1.54) is 26.0 Å². The highest BCUT2D eigenvalue weighted by Gasteiger charge is 2.78. The van der Waals surface area contributed by atoms with Gasteiger partial charge < -0.3 is 49.4 Å². The lowest BCUT2D eigenvalue weighted by atomic mass is 9.44. The smallest absolute Gasteiger partial charge is 0.408 e. The molecule has 0 spiro atoms. The van der Waals surface area contributed by atoms with E-state index < -0.39 is 112 Å². The normalized spacial score (nSPS) is 33.3. The van der Waals surface area contributed by atoms with Crippen molar-refractivity contribution in [3.05, 3.63) is 82.4 Å². The molecule has 11 atom stereocenters. The Kier molecular flexibility index (Phi) is 11.5. The average Bonchev–Trinajstić information content (AvgIpc) is 3.15. The van der Waals surface area contributed by atoms with Gasteiger partial charge in [0.15, 0.2) is 17.5 Å². The molecular weight excluding hydrogens is 766 g/mol. The Balaban J connectivity index is 1.49. The molecule has 2 aromatic rings. The number of ketones is 1. The molecule has 59 heavy (non-hydrogen) atoms. The summed E-state index contributed by atoms with van der Waals surface area (Å²) < 4.78 is 29.6. The summed E-state index contributed by atoms with van der Waals surface area (Å²) in [5, 5.41) is 51.7. The van der Waals surface area contributed by atoms with Gasteiger partial charge in [0.05, 0.1) is 35.6 Å². The van der Waals surface area contributed by atoms with Crippen LogP contribution in [-0.2, 0) is 38.1 Å². The Morgan fingerprint density at radius 3 is 2.14 bits per heavy atom. The van der Waals surface area contributed by atoms with Crippen LogP contribution in [0.4, 0.5) is 4.79 Å². The monoisotopic (exact) mass is 821 g/mol. The van der Waals surface area contributed by atoms with Crippen LogP contribution in [0.5, 0.6) is 0 Å². The molecule has 6 rings (SSSR count). The maximum absolute atomic E-state index is 15.0. The summed E-state index contributed by atoms with van der Waals surface area (Å²) in [6.45, 7) is 13.6. The zero-order valence-electron chi connectivity index (χ0n) is 34.8. The minimum atomic E-state index is -2.36. The van der Waals surface area contributed by atoms with Crippen LogP contribution in [0.15, 0.2) is 65.7 Å². The fourth-order valence-corrected chi connectivity index (χ4v) is 9.67. The molecule has 0 radical (unpaired) electrons. The number of nitrogens with one attached hydrogen (secondary N) is 1. The number of aliphatic hydroxyl groups is 4. The van der Waals surface area contributed by atoms with Crippen molar-refractivity contribution in [1.29, 1.82) is 0 Å². The second-order valence-electron chi connectivity index (χ2n) is 18.1. The number of ether oxygens (including phenoxy) is 5. The molecule has 1 saturated heterocycles. The van der Waals surface area contributed by atoms with Gasteiger partial charge in [-0.15, -0.1) is 0 Å². The van der Waals surface area contributed by atoms with Crippen molar-refractivity contribution in [2.75, 3.05) is 6.61 Å². The highest BCUT2D eigenvalue weighted by atomic mass is 16.6. The molecule has 2 saturated carbocycles. The SMILES string of the molecule is CC(=O)O[C@@]12COC1C[C@H](O)[C@@]1(C)C(=O)[C@H](O)C3=C(C)[C@@H](OC(=O)[C@H](O)[C@@H](NC(=O)OC(C)(C)C)c4ccc(C)cc4)C[C@@](O)([C@@H](OC(=O)c4ccccc4)[C@@H]12)C3(C)C. The Labute approximate surface area is 343 Å². The number of benzene rings is 2. The summed E-state index contributed by atoms with van der Waals surface area (Å²) >= 11 is 0. The third-order valence-electron chi connectivity index (χ3n) is 12.8. The van der Waals surface area contributed by atoms with Crippen LogP contribution in [0.25, 0.3) is 0 Å². The van der Waals surface area contributed by atoms with Crippen LogP contribution in [0.2, 0.25) is 0 Å². The summed E-state index contributed by atoms with van der Waals surface area (Å²) in [6.07, 6.45) is -11.5. The zero-order valence-corrected chi connectivity index (χ0v) is 34.8. The molecule has 15 nitrogen and oxygen atoms in total. The molecule has 5 N–H and O–H groups in total. The lowest BCUT2D eigenvalue weighted by molar-refractivity contribution is -0.346. The standard InChI is InChI=1S/C44H55NO14/c1-22-15-17-25(18-16-22)31(45-39(53)59-40(4,5)6)33(49)38(52)56-27-20-44(54)36(57-37(51)26-13-11-10-12-14-26)34-42(9,35(50)32(48)30(23(27)2)41(44,7)8)28(47)19-29-43(34,21-55-29)58-24(3)46/h10-18,27-29,31-34,36,47-49,54H,19-21H2,1-9H3,(H,45,53)/t27-,28-,29?,31-,32+,33+,34-,36-,42+,43-,44+/m0/s1. The van der Waals surface area contributed by atoms with Crippen LogP contribution >= 0.6 is 0 Å². The summed E-state index contributed by atoms with van der Waals surface area (Å²) in [5.74, 6) is -5.36. The van der Waals surface area contributed by atoms with Gasteiger partial charge in [-0.25, -0.2) is 14.4 Å². The topological polar surface area (TPSA) is 224 Å². The Hall–Kier alpha value is -4.67. The zero-order chi connectivity index (χ0) is 43.6. The van der Waals surface area contributed by atoms with Crippen molar-refractivity contribution in [2.45, 2.75) is 135 Å². The summed E-state index contributed by atoms with van der Waals surface area (Å²) in [5.41, 5.74) is -7.27. The second kappa shape index (κ2) is 15.4. The first-order valence-electron chi connectivity index (χ1n) is 19.7. The summed E-state index contributed by atoms with van der Waals surface area (Å²) in [6, 6.07) is 13.2. The predicted octanol–water partition coefficient (Wildman–Crippen LogP) is 3.57. The summed E-state index contributed by atoms with van der Waals surface area (Å²) in [7, 11) is 0. The first-order chi connectivity index (χ1) is 27.4. The number of Topliss-reactive ketones (excluding diaryl/α,β-unsaturated/α-hetero) is 1. The molecule has 3 fully saturated rings. The number of carbonyl (C=O) groups excluding carboxylic acids is 5. The van der Waals surface area contributed by atoms with Crippen molar-refractivity contribution in [2.24, 2.45) is 16.7 Å². The Bertz CT molecular complexity index is 2020. The van der Waals surface area contributed by atoms with E-state index in [1.54, 1.807) is 77.1 Å². The minimum Gasteiger partial charge on any atom is -0.456 e. The quantitative estimate of drug-likeness (QED) is 0.146. The van der Waals surface area contributed by atoms with Crippen molar-refractivity contribution in [3.8, 4) is 0 Å². The molecule has 320 valence electrons. The number of rotatable bonds is 8. The van der Waals surface area contributed by atoms with Crippen LogP contribution in [0.3, 0.4) is 0 Å². The number of aliphatic hydroxyl groups excluding tert-OH is 3. The molecule has 15 heteroatoms. The molecule has 1 aliphatic heterocycles. The molecular formula is C44H55NO14. The van der Waals surface area contributed by atoms with E-state index in [0.717, 1.165) is 12.5 Å². The maximum atomic E-state index is 15.0. The maximum Gasteiger partial charge on any atom is 0.408 e. The van der Waals surface area contributed by atoms with Crippen LogP contribution < -0.4 is 5.32 Å². The first-order valence-corrected chi connectivity index (χ1v) is 19.7. The second-order valence-corrected chi connectivity index (χ2v) is 18.1. The van der Waals surface area contributed by atoms with E-state index in [2.05, 4.69) is 5.32 Å². The van der Waals surface area contributed by atoms with Gasteiger partial charge in [0.25, 0.3) is 0 Å². The van der Waals surface area contributed by atoms with Gasteiger partial charge in [-0.2, -0.15) is 0 Å². The fourth-order valence-electron chi connectivity index (χ4n) is 9.67. The molecule has 2 aromatic carbocycles. The molecule has 4 aliphatic rings. The van der Waals surface area contributed by atoms with E-state index in [0.29, 0.717) is 5.56 Å². The molecule has 1 unspecified atom stereocenters. The summed E-state index contributed by atoms with van der Waals surface area (Å²) in [4.78, 5) is 69.1. The number of fused-ring (bicyclic) bond motifs is 5. The van der Waals surface area contributed by atoms with Crippen molar-refractivity contribution in [3.63, 3.8) is 0 Å². The largest absolute Gasteiger partial charge is 0.456 e. The minimum absolute atomic E-state index is 0.0633. The van der Waals surface area contributed by atoms with Gasteiger partial charge in [0.1, 0.15) is 35.6 Å². The number of hydrogen-bond acceptors (Lipinski definition) is 14.